The van der Waals surface area contributed by atoms with Gasteiger partial charge in [0, 0.05) is 17.8 Å². The molecule has 2 heterocycles. The molecule has 1 fully saturated rings. The second-order valence-electron chi connectivity index (χ2n) is 4.67. The summed E-state index contributed by atoms with van der Waals surface area (Å²) in [6, 6.07) is 4.15. The van der Waals surface area contributed by atoms with Crippen molar-refractivity contribution in [2.24, 2.45) is 11.7 Å². The highest BCUT2D eigenvalue weighted by Crippen LogP contribution is 2.34. The number of thiophene rings is 1. The molecule has 1 aliphatic heterocycles. The maximum atomic E-state index is 12.0. The molecule has 1 aliphatic rings. The van der Waals surface area contributed by atoms with E-state index >= 15 is 0 Å². The second-order valence-corrected chi connectivity index (χ2v) is 5.65. The number of rotatable bonds is 5. The standard InChI is InChI=1S/C13H18N2O2S/c1-2-4-10(11-5-3-6-18-11)15-8-9(13(14)17)7-12(15)16/h3,5-6,9-10H,2,4,7-8H2,1H3,(H2,14,17). The summed E-state index contributed by atoms with van der Waals surface area (Å²) in [6.07, 6.45) is 2.20. The molecule has 98 valence electrons. The highest BCUT2D eigenvalue weighted by molar-refractivity contribution is 7.10. The monoisotopic (exact) mass is 266 g/mol. The molecular weight excluding hydrogens is 248 g/mol. The summed E-state index contributed by atoms with van der Waals surface area (Å²) in [7, 11) is 0. The van der Waals surface area contributed by atoms with Gasteiger partial charge >= 0.3 is 0 Å². The zero-order valence-electron chi connectivity index (χ0n) is 10.5. The molecule has 0 aliphatic carbocycles. The quantitative estimate of drug-likeness (QED) is 0.885. The Morgan fingerprint density at radius 3 is 2.94 bits per heavy atom. The normalized spacial score (nSPS) is 21.3. The third-order valence-corrected chi connectivity index (χ3v) is 4.34. The molecule has 18 heavy (non-hydrogen) atoms. The summed E-state index contributed by atoms with van der Waals surface area (Å²) in [4.78, 5) is 26.2. The van der Waals surface area contributed by atoms with Gasteiger partial charge in [0.25, 0.3) is 0 Å². The number of nitrogens with zero attached hydrogens (tertiary/aromatic N) is 1. The molecule has 2 rings (SSSR count). The fourth-order valence-corrected chi connectivity index (χ4v) is 3.30. The Bertz CT molecular complexity index is 430. The molecule has 5 heteroatoms. The largest absolute Gasteiger partial charge is 0.369 e. The minimum Gasteiger partial charge on any atom is -0.369 e. The van der Waals surface area contributed by atoms with Gasteiger partial charge in [0.1, 0.15) is 0 Å². The first kappa shape index (κ1) is 13.1. The molecule has 0 bridgehead atoms. The maximum absolute atomic E-state index is 12.0. The van der Waals surface area contributed by atoms with Crippen LogP contribution < -0.4 is 5.73 Å². The number of amides is 2. The molecule has 4 nitrogen and oxygen atoms in total. The summed E-state index contributed by atoms with van der Waals surface area (Å²) < 4.78 is 0. The maximum Gasteiger partial charge on any atom is 0.224 e. The average molecular weight is 266 g/mol. The third kappa shape index (κ3) is 2.56. The zero-order chi connectivity index (χ0) is 13.1. The number of carbonyl (C=O) groups is 2. The number of nitrogens with two attached hydrogens (primary N) is 1. The molecule has 2 amide bonds. The van der Waals surface area contributed by atoms with E-state index in [-0.39, 0.29) is 30.2 Å². The van der Waals surface area contributed by atoms with Crippen LogP contribution in [0.5, 0.6) is 0 Å². The minimum absolute atomic E-state index is 0.0469. The van der Waals surface area contributed by atoms with Crippen LogP contribution >= 0.6 is 11.3 Å². The van der Waals surface area contributed by atoms with Gasteiger partial charge in [-0.15, -0.1) is 11.3 Å². The van der Waals surface area contributed by atoms with E-state index in [2.05, 4.69) is 13.0 Å². The van der Waals surface area contributed by atoms with E-state index in [0.717, 1.165) is 12.8 Å². The Balaban J connectivity index is 2.17. The van der Waals surface area contributed by atoms with E-state index in [0.29, 0.717) is 6.54 Å². The summed E-state index contributed by atoms with van der Waals surface area (Å²) in [6.45, 7) is 2.57. The Kier molecular flexibility index (Phi) is 4.01. The molecule has 1 aromatic rings. The van der Waals surface area contributed by atoms with Gasteiger partial charge in [0.2, 0.25) is 11.8 Å². The van der Waals surface area contributed by atoms with E-state index in [1.54, 1.807) is 11.3 Å². The van der Waals surface area contributed by atoms with E-state index in [1.165, 1.54) is 4.88 Å². The van der Waals surface area contributed by atoms with Gasteiger partial charge in [0.05, 0.1) is 12.0 Å². The van der Waals surface area contributed by atoms with Crippen molar-refractivity contribution in [2.45, 2.75) is 32.2 Å². The van der Waals surface area contributed by atoms with E-state index in [9.17, 15) is 9.59 Å². The number of primary amides is 1. The Hall–Kier alpha value is -1.36. The topological polar surface area (TPSA) is 63.4 Å². The Morgan fingerprint density at radius 2 is 2.44 bits per heavy atom. The summed E-state index contributed by atoms with van der Waals surface area (Å²) >= 11 is 1.66. The van der Waals surface area contributed by atoms with Crippen LogP contribution in [-0.2, 0) is 9.59 Å². The van der Waals surface area contributed by atoms with Gasteiger partial charge < -0.3 is 10.6 Å². The van der Waals surface area contributed by atoms with Crippen LogP contribution in [0.15, 0.2) is 17.5 Å². The van der Waals surface area contributed by atoms with Crippen LogP contribution in [0.25, 0.3) is 0 Å². The predicted octanol–water partition coefficient (Wildman–Crippen LogP) is 1.92. The number of hydrogen-bond acceptors (Lipinski definition) is 3. The van der Waals surface area contributed by atoms with Crippen molar-refractivity contribution in [2.75, 3.05) is 6.54 Å². The number of carbonyl (C=O) groups excluding carboxylic acids is 2. The van der Waals surface area contributed by atoms with Gasteiger partial charge in [-0.05, 0) is 17.9 Å². The van der Waals surface area contributed by atoms with Crippen LogP contribution in [0.3, 0.4) is 0 Å². The molecule has 0 aromatic carbocycles. The minimum atomic E-state index is -0.368. The molecule has 1 aromatic heterocycles. The molecular formula is C13H18N2O2S. The Labute approximate surface area is 111 Å². The lowest BCUT2D eigenvalue weighted by Gasteiger charge is -2.27. The molecule has 2 N–H and O–H groups in total. The van der Waals surface area contributed by atoms with Crippen LogP contribution in [0.1, 0.15) is 37.1 Å². The van der Waals surface area contributed by atoms with Gasteiger partial charge in [-0.2, -0.15) is 0 Å². The lowest BCUT2D eigenvalue weighted by atomic mass is 10.1. The highest BCUT2D eigenvalue weighted by Gasteiger charge is 2.37. The lowest BCUT2D eigenvalue weighted by Crippen LogP contribution is -2.31. The van der Waals surface area contributed by atoms with E-state index in [1.807, 2.05) is 16.3 Å². The first-order valence-corrected chi connectivity index (χ1v) is 7.13. The average Bonchev–Trinajstić information content (AvgIpc) is 2.95. The van der Waals surface area contributed by atoms with Gasteiger partial charge in [0.15, 0.2) is 0 Å². The second kappa shape index (κ2) is 5.52. The van der Waals surface area contributed by atoms with Crippen molar-refractivity contribution >= 4 is 23.2 Å². The first-order chi connectivity index (χ1) is 8.63. The Morgan fingerprint density at radius 1 is 1.67 bits per heavy atom. The molecule has 1 saturated heterocycles. The van der Waals surface area contributed by atoms with Crippen LogP contribution in [0.4, 0.5) is 0 Å². The third-order valence-electron chi connectivity index (χ3n) is 3.37. The van der Waals surface area contributed by atoms with Crippen LogP contribution in [-0.4, -0.2) is 23.3 Å². The van der Waals surface area contributed by atoms with Crippen molar-refractivity contribution in [1.29, 1.82) is 0 Å². The van der Waals surface area contributed by atoms with Crippen molar-refractivity contribution in [3.63, 3.8) is 0 Å². The lowest BCUT2D eigenvalue weighted by molar-refractivity contribution is -0.130. The van der Waals surface area contributed by atoms with Gasteiger partial charge in [-0.3, -0.25) is 9.59 Å². The smallest absolute Gasteiger partial charge is 0.224 e. The van der Waals surface area contributed by atoms with Crippen molar-refractivity contribution in [3.05, 3.63) is 22.4 Å². The van der Waals surface area contributed by atoms with Gasteiger partial charge in [-0.25, -0.2) is 0 Å². The first-order valence-electron chi connectivity index (χ1n) is 6.25. The molecule has 0 saturated carbocycles. The molecule has 2 atom stereocenters. The van der Waals surface area contributed by atoms with E-state index < -0.39 is 0 Å². The van der Waals surface area contributed by atoms with E-state index in [4.69, 9.17) is 5.73 Å². The van der Waals surface area contributed by atoms with Crippen molar-refractivity contribution < 1.29 is 9.59 Å². The fraction of sp³-hybridized carbons (Fsp3) is 0.538. The summed E-state index contributed by atoms with van der Waals surface area (Å²) in [5, 5.41) is 2.02. The van der Waals surface area contributed by atoms with Crippen molar-refractivity contribution in [1.82, 2.24) is 4.90 Å². The molecule has 0 spiro atoms. The van der Waals surface area contributed by atoms with Gasteiger partial charge in [-0.1, -0.05) is 19.4 Å². The number of likely N-dealkylation sites (tertiary alicyclic amines) is 1. The fourth-order valence-electron chi connectivity index (χ4n) is 2.43. The van der Waals surface area contributed by atoms with Crippen molar-refractivity contribution in [3.8, 4) is 0 Å². The molecule has 0 radical (unpaired) electrons. The number of hydrogen-bond donors (Lipinski definition) is 1. The summed E-state index contributed by atoms with van der Waals surface area (Å²) in [5.41, 5.74) is 5.30. The SMILES string of the molecule is CCCC(c1cccs1)N1CC(C(N)=O)CC1=O. The summed E-state index contributed by atoms with van der Waals surface area (Å²) in [5.74, 6) is -0.644. The predicted molar refractivity (Wildman–Crippen MR) is 71.0 cm³/mol. The molecule has 2 unspecified atom stereocenters. The zero-order valence-corrected chi connectivity index (χ0v) is 11.3. The van der Waals surface area contributed by atoms with Crippen LogP contribution in [0.2, 0.25) is 0 Å². The van der Waals surface area contributed by atoms with Crippen LogP contribution in [0, 0.1) is 5.92 Å². The highest BCUT2D eigenvalue weighted by atomic mass is 32.1.